The first kappa shape index (κ1) is 8.64. The van der Waals surface area contributed by atoms with Crippen LogP contribution in [-0.2, 0) is 0 Å². The first-order valence-corrected chi connectivity index (χ1v) is 3.62. The summed E-state index contributed by atoms with van der Waals surface area (Å²) in [6.45, 7) is 1.80. The van der Waals surface area contributed by atoms with Crippen molar-refractivity contribution in [2.24, 2.45) is 0 Å². The fraction of sp³-hybridized carbons (Fsp3) is 0.375. The van der Waals surface area contributed by atoms with Gasteiger partial charge < -0.3 is 4.90 Å². The van der Waals surface area contributed by atoms with E-state index in [2.05, 4.69) is 10.2 Å². The summed E-state index contributed by atoms with van der Waals surface area (Å²) in [4.78, 5) is 12.9. The van der Waals surface area contributed by atoms with Gasteiger partial charge in [0.05, 0.1) is 17.5 Å². The van der Waals surface area contributed by atoms with E-state index in [1.807, 2.05) is 0 Å². The highest BCUT2D eigenvalue weighted by Crippen LogP contribution is 2.00. The molecule has 0 N–H and O–H groups in total. The highest BCUT2D eigenvalue weighted by Gasteiger charge is 2.07. The average Bonchev–Trinajstić information content (AvgIpc) is 2.03. The lowest BCUT2D eigenvalue weighted by molar-refractivity contribution is 0.0827. The number of carbonyl (C=O) groups is 1. The molecule has 0 fully saturated rings. The molecule has 0 spiro atoms. The van der Waals surface area contributed by atoms with E-state index in [0.29, 0.717) is 5.56 Å². The number of hydrogen-bond acceptors (Lipinski definition) is 3. The minimum absolute atomic E-state index is 0.0481. The fourth-order valence-corrected chi connectivity index (χ4v) is 0.848. The number of nitrogens with zero attached hydrogens (tertiary/aromatic N) is 3. The highest BCUT2D eigenvalue weighted by atomic mass is 16.2. The molecular weight excluding hydrogens is 154 g/mol. The summed E-state index contributed by atoms with van der Waals surface area (Å²) in [5, 5.41) is 7.45. The molecule has 1 rings (SSSR count). The Balaban J connectivity index is 2.96. The molecule has 0 bridgehead atoms. The Morgan fingerprint density at radius 2 is 2.17 bits per heavy atom. The number of amides is 1. The van der Waals surface area contributed by atoms with Crippen LogP contribution in [0.1, 0.15) is 16.1 Å². The summed E-state index contributed by atoms with van der Waals surface area (Å²) >= 11 is 0. The van der Waals surface area contributed by atoms with Gasteiger partial charge in [0.1, 0.15) is 0 Å². The topological polar surface area (TPSA) is 46.1 Å². The van der Waals surface area contributed by atoms with Crippen molar-refractivity contribution in [1.29, 1.82) is 0 Å². The van der Waals surface area contributed by atoms with Crippen molar-refractivity contribution >= 4 is 5.91 Å². The number of aryl methyl sites for hydroxylation is 1. The van der Waals surface area contributed by atoms with Crippen molar-refractivity contribution in [3.05, 3.63) is 23.5 Å². The van der Waals surface area contributed by atoms with Crippen molar-refractivity contribution < 1.29 is 4.79 Å². The molecular formula is C8H11N3O. The zero-order valence-corrected chi connectivity index (χ0v) is 7.40. The first-order chi connectivity index (χ1) is 5.61. The van der Waals surface area contributed by atoms with Gasteiger partial charge in [-0.05, 0) is 13.0 Å². The van der Waals surface area contributed by atoms with Gasteiger partial charge >= 0.3 is 0 Å². The molecule has 4 heteroatoms. The molecule has 4 nitrogen and oxygen atoms in total. The third-order valence-corrected chi connectivity index (χ3v) is 1.43. The molecule has 0 saturated carbocycles. The Morgan fingerprint density at radius 3 is 2.67 bits per heavy atom. The molecule has 1 heterocycles. The molecule has 1 aromatic heterocycles. The monoisotopic (exact) mass is 165 g/mol. The van der Waals surface area contributed by atoms with Gasteiger partial charge in [0, 0.05) is 14.1 Å². The van der Waals surface area contributed by atoms with Crippen LogP contribution in [0.3, 0.4) is 0 Å². The van der Waals surface area contributed by atoms with E-state index < -0.39 is 0 Å². The molecule has 0 unspecified atom stereocenters. The summed E-state index contributed by atoms with van der Waals surface area (Å²) in [6.07, 6.45) is 1.47. The van der Waals surface area contributed by atoms with Crippen LogP contribution in [0, 0.1) is 6.92 Å². The smallest absolute Gasteiger partial charge is 0.255 e. The van der Waals surface area contributed by atoms with Gasteiger partial charge in [-0.1, -0.05) is 0 Å². The van der Waals surface area contributed by atoms with E-state index in [4.69, 9.17) is 0 Å². The van der Waals surface area contributed by atoms with E-state index in [-0.39, 0.29) is 5.91 Å². The SMILES string of the molecule is Cc1cc(C(=O)N(C)C)cnn1. The van der Waals surface area contributed by atoms with Crippen LogP contribution in [-0.4, -0.2) is 35.1 Å². The maximum atomic E-state index is 11.4. The second kappa shape index (κ2) is 3.30. The van der Waals surface area contributed by atoms with E-state index in [1.165, 1.54) is 11.1 Å². The first-order valence-electron chi connectivity index (χ1n) is 3.62. The Morgan fingerprint density at radius 1 is 1.50 bits per heavy atom. The van der Waals surface area contributed by atoms with Gasteiger partial charge in [-0.3, -0.25) is 4.79 Å². The van der Waals surface area contributed by atoms with Crippen molar-refractivity contribution in [3.8, 4) is 0 Å². The predicted molar refractivity (Wildman–Crippen MR) is 44.8 cm³/mol. The third kappa shape index (κ3) is 1.78. The number of aromatic nitrogens is 2. The number of hydrogen-bond donors (Lipinski definition) is 0. The van der Waals surface area contributed by atoms with E-state index in [9.17, 15) is 4.79 Å². The van der Waals surface area contributed by atoms with Crippen LogP contribution in [0.2, 0.25) is 0 Å². The van der Waals surface area contributed by atoms with Crippen LogP contribution >= 0.6 is 0 Å². The second-order valence-corrected chi connectivity index (χ2v) is 2.79. The Kier molecular flexibility index (Phi) is 2.38. The minimum atomic E-state index is -0.0481. The Bertz CT molecular complexity index is 296. The summed E-state index contributed by atoms with van der Waals surface area (Å²) in [6, 6.07) is 1.72. The van der Waals surface area contributed by atoms with Gasteiger partial charge in [-0.15, -0.1) is 0 Å². The fourth-order valence-electron chi connectivity index (χ4n) is 0.848. The van der Waals surface area contributed by atoms with E-state index in [0.717, 1.165) is 5.69 Å². The normalized spacial score (nSPS) is 9.58. The quantitative estimate of drug-likeness (QED) is 0.608. The van der Waals surface area contributed by atoms with Gasteiger partial charge in [-0.2, -0.15) is 10.2 Å². The van der Waals surface area contributed by atoms with Crippen LogP contribution in [0.25, 0.3) is 0 Å². The van der Waals surface area contributed by atoms with Crippen LogP contribution in [0.5, 0.6) is 0 Å². The van der Waals surface area contributed by atoms with Gasteiger partial charge in [-0.25, -0.2) is 0 Å². The summed E-state index contributed by atoms with van der Waals surface area (Å²) in [5.41, 5.74) is 1.33. The second-order valence-electron chi connectivity index (χ2n) is 2.79. The van der Waals surface area contributed by atoms with Gasteiger partial charge in [0.2, 0.25) is 0 Å². The molecule has 0 atom stereocenters. The van der Waals surface area contributed by atoms with Crippen LogP contribution in [0.15, 0.2) is 12.3 Å². The largest absolute Gasteiger partial charge is 0.345 e. The number of rotatable bonds is 1. The van der Waals surface area contributed by atoms with Crippen LogP contribution < -0.4 is 0 Å². The summed E-state index contributed by atoms with van der Waals surface area (Å²) < 4.78 is 0. The van der Waals surface area contributed by atoms with E-state index >= 15 is 0 Å². The van der Waals surface area contributed by atoms with Gasteiger partial charge in [0.25, 0.3) is 5.91 Å². The van der Waals surface area contributed by atoms with Gasteiger partial charge in [0.15, 0.2) is 0 Å². The van der Waals surface area contributed by atoms with Crippen molar-refractivity contribution in [3.63, 3.8) is 0 Å². The molecule has 0 aliphatic carbocycles. The summed E-state index contributed by atoms with van der Waals surface area (Å²) in [7, 11) is 3.41. The van der Waals surface area contributed by atoms with Crippen molar-refractivity contribution in [2.75, 3.05) is 14.1 Å². The third-order valence-electron chi connectivity index (χ3n) is 1.43. The standard InChI is InChI=1S/C8H11N3O/c1-6-4-7(5-9-10-6)8(12)11(2)3/h4-5H,1-3H3. The van der Waals surface area contributed by atoms with E-state index in [1.54, 1.807) is 27.1 Å². The molecule has 12 heavy (non-hydrogen) atoms. The average molecular weight is 165 g/mol. The molecule has 0 aliphatic heterocycles. The minimum Gasteiger partial charge on any atom is -0.345 e. The van der Waals surface area contributed by atoms with Crippen molar-refractivity contribution in [2.45, 2.75) is 6.92 Å². The molecule has 1 amide bonds. The molecule has 0 saturated heterocycles. The Labute approximate surface area is 71.2 Å². The zero-order valence-electron chi connectivity index (χ0n) is 7.40. The maximum Gasteiger partial charge on any atom is 0.255 e. The lowest BCUT2D eigenvalue weighted by Gasteiger charge is -2.09. The Hall–Kier alpha value is -1.45. The van der Waals surface area contributed by atoms with Crippen LogP contribution in [0.4, 0.5) is 0 Å². The molecule has 64 valence electrons. The molecule has 1 aromatic rings. The molecule has 0 aliphatic rings. The lowest BCUT2D eigenvalue weighted by atomic mass is 10.2. The molecule has 0 radical (unpaired) electrons. The predicted octanol–water partition coefficient (Wildman–Crippen LogP) is 0.487. The maximum absolute atomic E-state index is 11.4. The summed E-state index contributed by atoms with van der Waals surface area (Å²) in [5.74, 6) is -0.0481. The number of carbonyl (C=O) groups excluding carboxylic acids is 1. The lowest BCUT2D eigenvalue weighted by Crippen LogP contribution is -2.22. The zero-order chi connectivity index (χ0) is 9.14. The molecule has 0 aromatic carbocycles. The van der Waals surface area contributed by atoms with Crippen molar-refractivity contribution in [1.82, 2.24) is 15.1 Å². The highest BCUT2D eigenvalue weighted by molar-refractivity contribution is 5.93.